The fourth-order valence-corrected chi connectivity index (χ4v) is 4.46. The van der Waals surface area contributed by atoms with E-state index in [0.717, 1.165) is 31.2 Å². The standard InChI is InChI=1S/C28H31N3O4/c1-20-14-16-21(17-15-20)26(28(34)30-22-9-4-2-5-10-22)31(23-11-6-3-7-12-23)25(32)19-29-27(33)24-13-8-18-35-24/h3,6-8,11-18,22,26H,2,4-5,9-10,19H2,1H3,(H,29,33)(H,30,34)/t26-/m0/s1. The van der Waals surface area contributed by atoms with E-state index in [1.54, 1.807) is 18.2 Å². The van der Waals surface area contributed by atoms with Gasteiger partial charge in [0.15, 0.2) is 5.76 Å². The van der Waals surface area contributed by atoms with Crippen LogP contribution in [0.1, 0.15) is 59.8 Å². The minimum atomic E-state index is -0.882. The number of carbonyl (C=O) groups is 3. The van der Waals surface area contributed by atoms with Crippen molar-refractivity contribution < 1.29 is 18.8 Å². The Morgan fingerprint density at radius 3 is 2.31 bits per heavy atom. The fraction of sp³-hybridized carbons (Fsp3) is 0.321. The van der Waals surface area contributed by atoms with Crippen LogP contribution in [0.2, 0.25) is 0 Å². The number of hydrogen-bond donors (Lipinski definition) is 2. The van der Waals surface area contributed by atoms with Crippen molar-refractivity contribution in [3.05, 3.63) is 89.9 Å². The molecule has 1 aliphatic rings. The number of para-hydroxylation sites is 1. The summed E-state index contributed by atoms with van der Waals surface area (Å²) in [4.78, 5) is 41.2. The molecule has 4 rings (SSSR count). The minimum Gasteiger partial charge on any atom is -0.459 e. The Labute approximate surface area is 205 Å². The molecule has 0 spiro atoms. The Balaban J connectivity index is 1.65. The molecule has 3 amide bonds. The molecule has 0 saturated heterocycles. The van der Waals surface area contributed by atoms with Crippen LogP contribution in [0.15, 0.2) is 77.4 Å². The monoisotopic (exact) mass is 473 g/mol. The van der Waals surface area contributed by atoms with Crippen LogP contribution in [0, 0.1) is 6.92 Å². The first-order valence-corrected chi connectivity index (χ1v) is 12.1. The van der Waals surface area contributed by atoms with E-state index in [1.807, 2.05) is 49.4 Å². The van der Waals surface area contributed by atoms with Crippen LogP contribution in [-0.4, -0.2) is 30.3 Å². The highest BCUT2D eigenvalue weighted by molar-refractivity contribution is 6.04. The number of rotatable bonds is 8. The summed E-state index contributed by atoms with van der Waals surface area (Å²) in [6, 6.07) is 19.1. The van der Waals surface area contributed by atoms with Crippen molar-refractivity contribution in [2.24, 2.45) is 0 Å². The molecule has 1 fully saturated rings. The van der Waals surface area contributed by atoms with Crippen molar-refractivity contribution in [1.29, 1.82) is 0 Å². The zero-order valence-electron chi connectivity index (χ0n) is 19.9. The molecule has 7 nitrogen and oxygen atoms in total. The van der Waals surface area contributed by atoms with Gasteiger partial charge >= 0.3 is 0 Å². The lowest BCUT2D eigenvalue weighted by Gasteiger charge is -2.33. The number of nitrogens with one attached hydrogen (secondary N) is 2. The van der Waals surface area contributed by atoms with E-state index < -0.39 is 17.9 Å². The van der Waals surface area contributed by atoms with E-state index in [1.165, 1.54) is 23.7 Å². The topological polar surface area (TPSA) is 91.7 Å². The molecule has 1 heterocycles. The van der Waals surface area contributed by atoms with Gasteiger partial charge in [-0.05, 0) is 49.6 Å². The number of aryl methyl sites for hydroxylation is 1. The van der Waals surface area contributed by atoms with E-state index in [4.69, 9.17) is 4.42 Å². The number of benzene rings is 2. The van der Waals surface area contributed by atoms with Gasteiger partial charge in [-0.15, -0.1) is 0 Å². The van der Waals surface area contributed by atoms with E-state index >= 15 is 0 Å². The summed E-state index contributed by atoms with van der Waals surface area (Å²) in [7, 11) is 0. The molecule has 1 saturated carbocycles. The third-order valence-electron chi connectivity index (χ3n) is 6.30. The minimum absolute atomic E-state index is 0.0931. The van der Waals surface area contributed by atoms with Crippen LogP contribution in [0.4, 0.5) is 5.69 Å². The van der Waals surface area contributed by atoms with Crippen LogP contribution < -0.4 is 15.5 Å². The average molecular weight is 474 g/mol. The van der Waals surface area contributed by atoms with E-state index in [0.29, 0.717) is 11.3 Å². The maximum Gasteiger partial charge on any atom is 0.287 e. The van der Waals surface area contributed by atoms with Gasteiger partial charge in [-0.25, -0.2) is 0 Å². The molecule has 2 aromatic carbocycles. The first-order chi connectivity index (χ1) is 17.0. The van der Waals surface area contributed by atoms with Gasteiger partial charge in [0, 0.05) is 11.7 Å². The summed E-state index contributed by atoms with van der Waals surface area (Å²) in [5, 5.41) is 5.80. The molecule has 0 unspecified atom stereocenters. The molecule has 182 valence electrons. The van der Waals surface area contributed by atoms with Gasteiger partial charge in [0.05, 0.1) is 12.8 Å². The molecule has 1 aromatic heterocycles. The second-order valence-electron chi connectivity index (χ2n) is 8.92. The van der Waals surface area contributed by atoms with Gasteiger partial charge in [-0.1, -0.05) is 67.3 Å². The number of furan rings is 1. The molecule has 0 radical (unpaired) electrons. The van der Waals surface area contributed by atoms with E-state index in [9.17, 15) is 14.4 Å². The summed E-state index contributed by atoms with van der Waals surface area (Å²) in [5.74, 6) is -1.00. The Hall–Kier alpha value is -3.87. The lowest BCUT2D eigenvalue weighted by Crippen LogP contribution is -2.49. The predicted octanol–water partition coefficient (Wildman–Crippen LogP) is 4.54. The molecular weight excluding hydrogens is 442 g/mol. The van der Waals surface area contributed by atoms with E-state index in [-0.39, 0.29) is 24.3 Å². The van der Waals surface area contributed by atoms with Gasteiger partial charge in [0.1, 0.15) is 6.04 Å². The molecule has 7 heteroatoms. The lowest BCUT2D eigenvalue weighted by atomic mass is 9.94. The van der Waals surface area contributed by atoms with Crippen LogP contribution in [0.25, 0.3) is 0 Å². The Morgan fingerprint density at radius 2 is 1.66 bits per heavy atom. The van der Waals surface area contributed by atoms with Gasteiger partial charge in [-0.3, -0.25) is 19.3 Å². The third kappa shape index (κ3) is 6.18. The summed E-state index contributed by atoms with van der Waals surface area (Å²) < 4.78 is 5.12. The van der Waals surface area contributed by atoms with Crippen molar-refractivity contribution in [3.8, 4) is 0 Å². The Kier molecular flexibility index (Phi) is 7.98. The molecule has 1 aliphatic carbocycles. The highest BCUT2D eigenvalue weighted by Gasteiger charge is 2.34. The van der Waals surface area contributed by atoms with Gasteiger partial charge in [0.25, 0.3) is 5.91 Å². The maximum absolute atomic E-state index is 13.7. The molecule has 2 N–H and O–H groups in total. The van der Waals surface area contributed by atoms with E-state index in [2.05, 4.69) is 10.6 Å². The van der Waals surface area contributed by atoms with Crippen molar-refractivity contribution in [1.82, 2.24) is 10.6 Å². The summed E-state index contributed by atoms with van der Waals surface area (Å²) in [6.45, 7) is 1.69. The maximum atomic E-state index is 13.7. The number of carbonyl (C=O) groups excluding carboxylic acids is 3. The molecule has 3 aromatic rings. The van der Waals surface area contributed by atoms with Crippen molar-refractivity contribution in [2.45, 2.75) is 51.1 Å². The average Bonchev–Trinajstić information content (AvgIpc) is 3.43. The van der Waals surface area contributed by atoms with Crippen LogP contribution >= 0.6 is 0 Å². The van der Waals surface area contributed by atoms with Crippen molar-refractivity contribution in [3.63, 3.8) is 0 Å². The highest BCUT2D eigenvalue weighted by atomic mass is 16.3. The molecule has 0 aliphatic heterocycles. The first kappa shape index (κ1) is 24.3. The Bertz CT molecular complexity index is 1120. The van der Waals surface area contributed by atoms with Crippen LogP contribution in [0.5, 0.6) is 0 Å². The summed E-state index contributed by atoms with van der Waals surface area (Å²) in [6.07, 6.45) is 6.62. The second-order valence-corrected chi connectivity index (χ2v) is 8.92. The van der Waals surface area contributed by atoms with Crippen LogP contribution in [0.3, 0.4) is 0 Å². The zero-order valence-corrected chi connectivity index (χ0v) is 19.9. The van der Waals surface area contributed by atoms with Gasteiger partial charge in [0.2, 0.25) is 11.8 Å². The van der Waals surface area contributed by atoms with Crippen molar-refractivity contribution in [2.75, 3.05) is 11.4 Å². The summed E-state index contributed by atoms with van der Waals surface area (Å²) in [5.41, 5.74) is 2.34. The number of anilines is 1. The smallest absolute Gasteiger partial charge is 0.287 e. The number of hydrogen-bond acceptors (Lipinski definition) is 4. The number of amides is 3. The molecule has 0 bridgehead atoms. The van der Waals surface area contributed by atoms with Crippen molar-refractivity contribution >= 4 is 23.4 Å². The van der Waals surface area contributed by atoms with Crippen LogP contribution in [-0.2, 0) is 9.59 Å². The largest absolute Gasteiger partial charge is 0.459 e. The molecular formula is C28H31N3O4. The quantitative estimate of drug-likeness (QED) is 0.502. The fourth-order valence-electron chi connectivity index (χ4n) is 4.46. The highest BCUT2D eigenvalue weighted by Crippen LogP contribution is 2.29. The van der Waals surface area contributed by atoms with Gasteiger partial charge in [-0.2, -0.15) is 0 Å². The summed E-state index contributed by atoms with van der Waals surface area (Å²) >= 11 is 0. The Morgan fingerprint density at radius 1 is 0.943 bits per heavy atom. The number of nitrogens with zero attached hydrogens (tertiary/aromatic N) is 1. The second kappa shape index (κ2) is 11.5. The third-order valence-corrected chi connectivity index (χ3v) is 6.30. The SMILES string of the molecule is Cc1ccc([C@@H](C(=O)NC2CCCCC2)N(C(=O)CNC(=O)c2ccco2)c2ccccc2)cc1. The molecule has 35 heavy (non-hydrogen) atoms. The van der Waals surface area contributed by atoms with Gasteiger partial charge < -0.3 is 15.1 Å². The normalized spacial score (nSPS) is 14.7. The predicted molar refractivity (Wildman–Crippen MR) is 134 cm³/mol. The first-order valence-electron chi connectivity index (χ1n) is 12.1. The molecule has 1 atom stereocenters. The zero-order chi connectivity index (χ0) is 24.6. The lowest BCUT2D eigenvalue weighted by molar-refractivity contribution is -0.127.